The van der Waals surface area contributed by atoms with Crippen molar-refractivity contribution in [3.8, 4) is 17.2 Å². The van der Waals surface area contributed by atoms with Gasteiger partial charge in [0.15, 0.2) is 38.8 Å². The van der Waals surface area contributed by atoms with E-state index in [0.29, 0.717) is 6.61 Å². The van der Waals surface area contributed by atoms with Crippen LogP contribution in [0.4, 0.5) is 10.2 Å². The molecule has 5 rings (SSSR count). The van der Waals surface area contributed by atoms with E-state index in [-0.39, 0.29) is 56.9 Å². The molecule has 0 fully saturated rings. The van der Waals surface area contributed by atoms with E-state index in [1.807, 2.05) is 0 Å². The van der Waals surface area contributed by atoms with Crippen LogP contribution in [0.25, 0.3) is 22.7 Å². The van der Waals surface area contributed by atoms with Gasteiger partial charge in [-0.25, -0.2) is 29.3 Å². The number of pyridine rings is 1. The van der Waals surface area contributed by atoms with Gasteiger partial charge in [0.05, 0.1) is 26.0 Å². The first-order valence-electron chi connectivity index (χ1n) is 11.1. The largest absolute Gasteiger partial charge is 0.506 e. The van der Waals surface area contributed by atoms with Crippen LogP contribution < -0.4 is 9.46 Å². The van der Waals surface area contributed by atoms with E-state index in [0.717, 1.165) is 18.3 Å². The molecule has 1 aliphatic rings. The second-order valence-corrected chi connectivity index (χ2v) is 9.66. The maximum absolute atomic E-state index is 13.3. The van der Waals surface area contributed by atoms with Gasteiger partial charge < -0.3 is 14.6 Å². The highest BCUT2D eigenvalue weighted by molar-refractivity contribution is 7.92. The van der Waals surface area contributed by atoms with Gasteiger partial charge in [-0.1, -0.05) is 23.4 Å². The third kappa shape index (κ3) is 4.92. The molecular weight excluding hydrogens is 553 g/mol. The van der Waals surface area contributed by atoms with Crippen molar-refractivity contribution in [2.24, 2.45) is 4.99 Å². The molecule has 198 valence electrons. The van der Waals surface area contributed by atoms with Gasteiger partial charge in [-0.15, -0.1) is 0 Å². The first kappa shape index (κ1) is 25.9. The number of ether oxygens (including phenoxy) is 2. The zero-order chi connectivity index (χ0) is 27.7. The molecule has 1 aromatic carbocycles. The molecule has 0 radical (unpaired) electrons. The Kier molecular flexibility index (Phi) is 6.77. The Morgan fingerprint density at radius 3 is 2.74 bits per heavy atom. The summed E-state index contributed by atoms with van der Waals surface area (Å²) in [6.45, 7) is 2.14. The SMILES string of the molecule is CCOC1=NC(c2nc3nc(Cl)c(NS(=O)(=O)c4ccc(F)cn4)nc3n2-c2c(O)cccc2OC)=C=C=C1. The summed E-state index contributed by atoms with van der Waals surface area (Å²) in [5, 5.41) is 10.0. The number of aromatic hydroxyl groups is 1. The van der Waals surface area contributed by atoms with Crippen LogP contribution in [0.15, 0.2) is 64.1 Å². The Labute approximate surface area is 225 Å². The summed E-state index contributed by atoms with van der Waals surface area (Å²) in [5.74, 6) is -0.724. The smallest absolute Gasteiger partial charge is 0.280 e. The van der Waals surface area contributed by atoms with Gasteiger partial charge in [-0.05, 0) is 36.9 Å². The average molecular weight is 570 g/mol. The van der Waals surface area contributed by atoms with Gasteiger partial charge in [-0.2, -0.15) is 8.42 Å². The topological polar surface area (TPSA) is 154 Å². The number of nitrogens with one attached hydrogen (secondary N) is 1. The van der Waals surface area contributed by atoms with Crippen molar-refractivity contribution in [2.45, 2.75) is 11.9 Å². The van der Waals surface area contributed by atoms with Crippen molar-refractivity contribution >= 4 is 50.3 Å². The molecule has 0 saturated carbocycles. The molecule has 0 spiro atoms. The van der Waals surface area contributed by atoms with Crippen molar-refractivity contribution in [3.05, 3.63) is 70.9 Å². The van der Waals surface area contributed by atoms with E-state index < -0.39 is 20.9 Å². The summed E-state index contributed by atoms with van der Waals surface area (Å²) < 4.78 is 53.6. The number of hydrogen-bond donors (Lipinski definition) is 2. The Morgan fingerprint density at radius 1 is 1.21 bits per heavy atom. The van der Waals surface area contributed by atoms with Crippen molar-refractivity contribution in [3.63, 3.8) is 0 Å². The quantitative estimate of drug-likeness (QED) is 0.318. The maximum Gasteiger partial charge on any atom is 0.280 e. The number of nitrogens with zero attached hydrogens (tertiary/aromatic N) is 6. The van der Waals surface area contributed by atoms with E-state index in [2.05, 4.69) is 41.1 Å². The molecule has 4 aromatic rings. The highest BCUT2D eigenvalue weighted by atomic mass is 35.5. The molecule has 0 unspecified atom stereocenters. The Hall–Kier alpha value is -4.74. The molecule has 4 heterocycles. The lowest BCUT2D eigenvalue weighted by Gasteiger charge is -2.15. The number of hydrogen-bond acceptors (Lipinski definition) is 10. The Morgan fingerprint density at radius 2 is 2.03 bits per heavy atom. The number of aliphatic imine (C=N–C) groups is 1. The van der Waals surface area contributed by atoms with Crippen LogP contribution in [-0.4, -0.2) is 57.6 Å². The zero-order valence-electron chi connectivity index (χ0n) is 20.2. The molecule has 39 heavy (non-hydrogen) atoms. The summed E-state index contributed by atoms with van der Waals surface area (Å²) in [6.07, 6.45) is 2.25. The number of halogens is 2. The van der Waals surface area contributed by atoms with Gasteiger partial charge in [0.25, 0.3) is 10.0 Å². The monoisotopic (exact) mass is 569 g/mol. The van der Waals surface area contributed by atoms with Gasteiger partial charge >= 0.3 is 0 Å². The lowest BCUT2D eigenvalue weighted by molar-refractivity contribution is 0.330. The van der Waals surface area contributed by atoms with E-state index >= 15 is 0 Å². The van der Waals surface area contributed by atoms with E-state index in [4.69, 9.17) is 21.1 Å². The summed E-state index contributed by atoms with van der Waals surface area (Å²) in [7, 11) is -2.93. The fourth-order valence-electron chi connectivity index (χ4n) is 3.57. The van der Waals surface area contributed by atoms with Crippen molar-refractivity contribution < 1.29 is 27.4 Å². The number of benzene rings is 1. The van der Waals surface area contributed by atoms with Gasteiger partial charge in [0.1, 0.15) is 23.0 Å². The number of phenols is 1. The van der Waals surface area contributed by atoms with Crippen LogP contribution >= 0.6 is 11.6 Å². The van der Waals surface area contributed by atoms with E-state index in [1.54, 1.807) is 19.1 Å². The predicted octanol–water partition coefficient (Wildman–Crippen LogP) is 3.62. The van der Waals surface area contributed by atoms with Crippen LogP contribution in [0.3, 0.4) is 0 Å². The summed E-state index contributed by atoms with van der Waals surface area (Å²) in [4.78, 5) is 21.0. The van der Waals surface area contributed by atoms with Crippen molar-refractivity contribution in [2.75, 3.05) is 18.4 Å². The zero-order valence-corrected chi connectivity index (χ0v) is 21.7. The van der Waals surface area contributed by atoms with Crippen molar-refractivity contribution in [1.82, 2.24) is 24.5 Å². The lowest BCUT2D eigenvalue weighted by Crippen LogP contribution is -2.16. The third-order valence-electron chi connectivity index (χ3n) is 5.19. The molecule has 3 aromatic heterocycles. The molecule has 0 amide bonds. The Bertz CT molecular complexity index is 1860. The minimum atomic E-state index is -4.34. The number of phenolic OH excluding ortho intramolecular Hbond substituents is 1. The second-order valence-electron chi connectivity index (χ2n) is 7.67. The van der Waals surface area contributed by atoms with E-state index in [1.165, 1.54) is 23.8 Å². The molecule has 15 heteroatoms. The number of imidazole rings is 1. The molecule has 2 N–H and O–H groups in total. The summed E-state index contributed by atoms with van der Waals surface area (Å²) in [5.41, 5.74) is 5.88. The fourth-order valence-corrected chi connectivity index (χ4v) is 4.74. The molecule has 0 aliphatic carbocycles. The highest BCUT2D eigenvalue weighted by Gasteiger charge is 2.27. The number of sulfonamides is 1. The minimum absolute atomic E-state index is 0.0137. The first-order valence-corrected chi connectivity index (χ1v) is 13.0. The number of aromatic nitrogens is 5. The second kappa shape index (κ2) is 10.2. The number of anilines is 1. The predicted molar refractivity (Wildman–Crippen MR) is 139 cm³/mol. The van der Waals surface area contributed by atoms with E-state index in [9.17, 15) is 17.9 Å². The fraction of sp³-hybridized carbons (Fsp3) is 0.125. The van der Waals surface area contributed by atoms with Gasteiger partial charge in [-0.3, -0.25) is 9.29 Å². The average Bonchev–Trinajstić information content (AvgIpc) is 3.26. The normalized spacial score (nSPS) is 12.8. The van der Waals surface area contributed by atoms with Crippen LogP contribution in [0, 0.1) is 5.82 Å². The van der Waals surface area contributed by atoms with Crippen molar-refractivity contribution in [1.29, 1.82) is 0 Å². The standard InChI is InChI=1S/C24H17ClFN7O5S/c1-3-38-17-9-4-6-14(28-17)23-31-22-24(33(23)19-15(34)7-5-8-16(19)37-2)30-21(20(25)29-22)32-39(35,36)18-11-10-13(26)12-27-18/h5,7-12,34H,3H2,1-2H3,(H,30,32). The molecular formula is C24H17ClFN7O5S. The maximum atomic E-state index is 13.3. The summed E-state index contributed by atoms with van der Waals surface area (Å²) >= 11 is 6.28. The molecule has 0 atom stereocenters. The van der Waals surface area contributed by atoms with Gasteiger partial charge in [0.2, 0.25) is 5.90 Å². The van der Waals surface area contributed by atoms with Crippen LogP contribution in [0.1, 0.15) is 12.7 Å². The Balaban J connectivity index is 1.75. The molecule has 0 bridgehead atoms. The minimum Gasteiger partial charge on any atom is -0.506 e. The molecule has 0 saturated heterocycles. The molecule has 1 aliphatic heterocycles. The number of rotatable bonds is 7. The van der Waals surface area contributed by atoms with Crippen LogP contribution in [0.5, 0.6) is 11.5 Å². The molecule has 12 nitrogen and oxygen atoms in total. The first-order chi connectivity index (χ1) is 18.7. The van der Waals surface area contributed by atoms with Crippen LogP contribution in [0.2, 0.25) is 5.15 Å². The number of methoxy groups -OCH3 is 1. The highest BCUT2D eigenvalue weighted by Crippen LogP contribution is 2.37. The number of para-hydroxylation sites is 1. The number of fused-ring (bicyclic) bond motifs is 1. The van der Waals surface area contributed by atoms with Gasteiger partial charge in [0, 0.05) is 0 Å². The third-order valence-corrected chi connectivity index (χ3v) is 6.71. The van der Waals surface area contributed by atoms with Crippen LogP contribution in [-0.2, 0) is 14.8 Å². The summed E-state index contributed by atoms with van der Waals surface area (Å²) in [6, 6.07) is 6.51. The lowest BCUT2D eigenvalue weighted by atomic mass is 10.2.